The minimum Gasteiger partial charge on any atom is -0.494 e. The first-order valence-corrected chi connectivity index (χ1v) is 12.2. The molecule has 36 heavy (non-hydrogen) atoms. The van der Waals surface area contributed by atoms with E-state index in [9.17, 15) is 10.1 Å². The van der Waals surface area contributed by atoms with Gasteiger partial charge in [0, 0.05) is 11.3 Å². The average molecular weight is 485 g/mol. The van der Waals surface area contributed by atoms with E-state index in [1.807, 2.05) is 60.7 Å². The molecule has 0 atom stereocenters. The third-order valence-corrected chi connectivity index (χ3v) is 5.32. The molecule has 0 aliphatic heterocycles. The van der Waals surface area contributed by atoms with Crippen LogP contribution in [0.4, 0.5) is 5.69 Å². The number of rotatable bonds is 14. The molecule has 0 saturated heterocycles. The molecule has 3 rings (SSSR count). The molecule has 3 aromatic carbocycles. The maximum atomic E-state index is 12.5. The highest BCUT2D eigenvalue weighted by Gasteiger charge is 2.11. The summed E-state index contributed by atoms with van der Waals surface area (Å²) in [7, 11) is 0. The number of nitrogens with one attached hydrogen (secondary N) is 1. The summed E-state index contributed by atoms with van der Waals surface area (Å²) in [5, 5.41) is 12.2. The van der Waals surface area contributed by atoms with Gasteiger partial charge >= 0.3 is 0 Å². The second-order valence-electron chi connectivity index (χ2n) is 8.11. The molecule has 0 heterocycles. The van der Waals surface area contributed by atoms with Crippen molar-refractivity contribution in [2.45, 2.75) is 32.6 Å². The Morgan fingerprint density at radius 1 is 0.806 bits per heavy atom. The number of ether oxygens (including phenoxy) is 3. The first kappa shape index (κ1) is 26.4. The quantitative estimate of drug-likeness (QED) is 0.157. The van der Waals surface area contributed by atoms with Gasteiger partial charge in [-0.05, 0) is 55.0 Å². The van der Waals surface area contributed by atoms with Gasteiger partial charge in [-0.3, -0.25) is 4.79 Å². The number of carbonyl (C=O) groups is 1. The molecule has 0 saturated carbocycles. The predicted molar refractivity (Wildman–Crippen MR) is 142 cm³/mol. The Hall–Kier alpha value is -4.24. The molecule has 6 nitrogen and oxygen atoms in total. The van der Waals surface area contributed by atoms with Gasteiger partial charge < -0.3 is 19.5 Å². The summed E-state index contributed by atoms with van der Waals surface area (Å²) in [4.78, 5) is 12.5. The Balaban J connectivity index is 1.49. The Morgan fingerprint density at radius 3 is 2.14 bits per heavy atom. The molecule has 0 unspecified atom stereocenters. The van der Waals surface area contributed by atoms with Crippen LogP contribution < -0.4 is 19.5 Å². The highest BCUT2D eigenvalue weighted by atomic mass is 16.5. The van der Waals surface area contributed by atoms with Crippen LogP contribution in [0.5, 0.6) is 17.2 Å². The van der Waals surface area contributed by atoms with Crippen molar-refractivity contribution in [2.75, 3.05) is 25.1 Å². The second-order valence-corrected chi connectivity index (χ2v) is 8.11. The van der Waals surface area contributed by atoms with Gasteiger partial charge in [-0.1, -0.05) is 62.6 Å². The molecule has 0 radical (unpaired) electrons. The van der Waals surface area contributed by atoms with Gasteiger partial charge in [0.15, 0.2) is 0 Å². The number of nitrogens with zero attached hydrogens (tertiary/aromatic N) is 1. The van der Waals surface area contributed by atoms with E-state index in [0.717, 1.165) is 24.5 Å². The molecule has 0 aliphatic carbocycles. The van der Waals surface area contributed by atoms with E-state index in [1.165, 1.54) is 25.3 Å². The first-order chi connectivity index (χ1) is 17.7. The lowest BCUT2D eigenvalue weighted by molar-refractivity contribution is -0.112. The Bertz CT molecular complexity index is 1150. The van der Waals surface area contributed by atoms with Crippen LogP contribution in [0.3, 0.4) is 0 Å². The van der Waals surface area contributed by atoms with Gasteiger partial charge in [0.25, 0.3) is 5.91 Å². The van der Waals surface area contributed by atoms with Crippen molar-refractivity contribution < 1.29 is 19.0 Å². The van der Waals surface area contributed by atoms with E-state index in [1.54, 1.807) is 24.3 Å². The third kappa shape index (κ3) is 8.84. The van der Waals surface area contributed by atoms with Gasteiger partial charge in [-0.15, -0.1) is 0 Å². The molecular weight excluding hydrogens is 452 g/mol. The van der Waals surface area contributed by atoms with Gasteiger partial charge in [0.05, 0.1) is 6.61 Å². The fourth-order valence-corrected chi connectivity index (χ4v) is 3.42. The molecule has 0 spiro atoms. The highest BCUT2D eigenvalue weighted by Crippen LogP contribution is 2.22. The topological polar surface area (TPSA) is 80.6 Å². The fraction of sp³-hybridized carbons (Fsp3) is 0.267. The number of hydrogen-bond acceptors (Lipinski definition) is 5. The van der Waals surface area contributed by atoms with Crippen LogP contribution in [-0.2, 0) is 4.79 Å². The molecule has 1 N–H and O–H groups in total. The van der Waals surface area contributed by atoms with E-state index in [0.29, 0.717) is 30.2 Å². The maximum Gasteiger partial charge on any atom is 0.266 e. The number of benzene rings is 3. The van der Waals surface area contributed by atoms with Crippen molar-refractivity contribution >= 4 is 17.7 Å². The number of amides is 1. The van der Waals surface area contributed by atoms with E-state index < -0.39 is 5.91 Å². The SMILES string of the molecule is CCCCCCOc1ccc(OCCOc2ccccc2C=C(C#N)C(=O)Nc2ccccc2)cc1. The van der Waals surface area contributed by atoms with E-state index in [2.05, 4.69) is 12.2 Å². The largest absolute Gasteiger partial charge is 0.494 e. The van der Waals surface area contributed by atoms with Crippen molar-refractivity contribution in [3.05, 3.63) is 90.0 Å². The number of nitriles is 1. The highest BCUT2D eigenvalue weighted by molar-refractivity contribution is 6.09. The summed E-state index contributed by atoms with van der Waals surface area (Å²) in [5.74, 6) is 1.65. The minimum atomic E-state index is -0.477. The average Bonchev–Trinajstić information content (AvgIpc) is 2.91. The van der Waals surface area contributed by atoms with Crippen LogP contribution in [0.25, 0.3) is 6.08 Å². The van der Waals surface area contributed by atoms with Crippen LogP contribution in [0, 0.1) is 11.3 Å². The second kappa shape index (κ2) is 14.9. The standard InChI is InChI=1S/C30H32N2O4/c1-2-3-4-10-19-34-27-15-17-28(18-16-27)35-20-21-36-29-14-9-8-11-24(29)22-25(23-31)30(33)32-26-12-6-5-7-13-26/h5-9,11-18,22H,2-4,10,19-21H2,1H3,(H,32,33). The van der Waals surface area contributed by atoms with Gasteiger partial charge in [-0.25, -0.2) is 0 Å². The summed E-state index contributed by atoms with van der Waals surface area (Å²) >= 11 is 0. The van der Waals surface area contributed by atoms with E-state index in [-0.39, 0.29) is 5.57 Å². The van der Waals surface area contributed by atoms with Crippen molar-refractivity contribution in [3.63, 3.8) is 0 Å². The molecule has 1 amide bonds. The predicted octanol–water partition coefficient (Wildman–Crippen LogP) is 6.65. The van der Waals surface area contributed by atoms with Crippen LogP contribution >= 0.6 is 0 Å². The minimum absolute atomic E-state index is 0.0150. The monoisotopic (exact) mass is 484 g/mol. The summed E-state index contributed by atoms with van der Waals surface area (Å²) in [6.45, 7) is 3.57. The zero-order valence-electron chi connectivity index (χ0n) is 20.6. The molecule has 186 valence electrons. The van der Waals surface area contributed by atoms with Crippen molar-refractivity contribution in [1.29, 1.82) is 5.26 Å². The molecule has 0 bridgehead atoms. The third-order valence-electron chi connectivity index (χ3n) is 5.32. The normalized spacial score (nSPS) is 10.8. The molecule has 6 heteroatoms. The zero-order valence-corrected chi connectivity index (χ0v) is 20.6. The lowest BCUT2D eigenvalue weighted by Crippen LogP contribution is -2.13. The van der Waals surface area contributed by atoms with Gasteiger partial charge in [-0.2, -0.15) is 5.26 Å². The number of carbonyl (C=O) groups excluding carboxylic acids is 1. The number of para-hydroxylation sites is 2. The lowest BCUT2D eigenvalue weighted by Gasteiger charge is -2.11. The Morgan fingerprint density at radius 2 is 1.44 bits per heavy atom. The van der Waals surface area contributed by atoms with Crippen LogP contribution in [0.15, 0.2) is 84.4 Å². The summed E-state index contributed by atoms with van der Waals surface area (Å²) in [5.41, 5.74) is 1.24. The molecule has 0 fully saturated rings. The summed E-state index contributed by atoms with van der Waals surface area (Å²) in [6.07, 6.45) is 6.23. The van der Waals surface area contributed by atoms with Crippen molar-refractivity contribution in [2.24, 2.45) is 0 Å². The van der Waals surface area contributed by atoms with Crippen LogP contribution in [0.2, 0.25) is 0 Å². The molecule has 0 aromatic heterocycles. The Labute approximate surface area is 213 Å². The first-order valence-electron chi connectivity index (χ1n) is 12.2. The van der Waals surface area contributed by atoms with Crippen LogP contribution in [0.1, 0.15) is 38.2 Å². The molecule has 3 aromatic rings. The number of anilines is 1. The molecule has 0 aliphatic rings. The fourth-order valence-electron chi connectivity index (χ4n) is 3.42. The number of unbranched alkanes of at least 4 members (excludes halogenated alkanes) is 3. The van der Waals surface area contributed by atoms with Crippen molar-refractivity contribution in [3.8, 4) is 23.3 Å². The molecular formula is C30H32N2O4. The number of hydrogen-bond donors (Lipinski definition) is 1. The maximum absolute atomic E-state index is 12.5. The summed E-state index contributed by atoms with van der Waals surface area (Å²) < 4.78 is 17.4. The van der Waals surface area contributed by atoms with Gasteiger partial charge in [0.2, 0.25) is 0 Å². The van der Waals surface area contributed by atoms with Crippen molar-refractivity contribution in [1.82, 2.24) is 0 Å². The summed E-state index contributed by atoms with van der Waals surface area (Å²) in [6, 6.07) is 25.8. The Kier molecular flexibility index (Phi) is 10.9. The smallest absolute Gasteiger partial charge is 0.266 e. The van der Waals surface area contributed by atoms with E-state index in [4.69, 9.17) is 14.2 Å². The zero-order chi connectivity index (χ0) is 25.4. The van der Waals surface area contributed by atoms with Gasteiger partial charge in [0.1, 0.15) is 42.1 Å². The lowest BCUT2D eigenvalue weighted by atomic mass is 10.1. The van der Waals surface area contributed by atoms with E-state index >= 15 is 0 Å². The van der Waals surface area contributed by atoms with Crippen LogP contribution in [-0.4, -0.2) is 25.7 Å².